The highest BCUT2D eigenvalue weighted by atomic mass is 15.1. The first-order valence-corrected chi connectivity index (χ1v) is 14.0. The maximum atomic E-state index is 8.84. The van der Waals surface area contributed by atoms with E-state index in [4.69, 9.17) is 13.7 Å². The van der Waals surface area contributed by atoms with Gasteiger partial charge in [0.05, 0.1) is 13.7 Å². The van der Waals surface area contributed by atoms with Crippen molar-refractivity contribution in [2.24, 2.45) is 0 Å². The van der Waals surface area contributed by atoms with Crippen LogP contribution >= 0.6 is 0 Å². The molecule has 0 radical (unpaired) electrons. The van der Waals surface area contributed by atoms with Gasteiger partial charge in [-0.05, 0) is 119 Å². The van der Waals surface area contributed by atoms with Gasteiger partial charge in [-0.15, -0.1) is 0 Å². The maximum Gasteiger partial charge on any atom is 0.0645 e. The Labute approximate surface area is 264 Å². The van der Waals surface area contributed by atoms with Crippen LogP contribution < -0.4 is 4.90 Å². The van der Waals surface area contributed by atoms with Gasteiger partial charge < -0.3 is 4.90 Å². The molecule has 0 aromatic heterocycles. The fourth-order valence-corrected chi connectivity index (χ4v) is 6.48. The second-order valence-electron chi connectivity index (χ2n) is 10.7. The highest BCUT2D eigenvalue weighted by molar-refractivity contribution is 6.25. The Morgan fingerprint density at radius 3 is 1.47 bits per heavy atom. The Kier molecular flexibility index (Phi) is 3.53. The van der Waals surface area contributed by atoms with E-state index in [2.05, 4.69) is 60.7 Å². The second kappa shape index (κ2) is 9.44. The minimum absolute atomic E-state index is 0.274. The third kappa shape index (κ3) is 3.79. The summed E-state index contributed by atoms with van der Waals surface area (Å²) in [7, 11) is 0. The molecule has 0 bridgehead atoms. The molecule has 1 nitrogen and oxygen atoms in total. The highest BCUT2D eigenvalue weighted by Gasteiger charge is 2.17. The largest absolute Gasteiger partial charge is 0.310 e. The summed E-state index contributed by atoms with van der Waals surface area (Å²) in [5.74, 6) is 0. The molecule has 0 unspecified atom stereocenters. The molecular formula is C42H27N. The number of anilines is 3. The van der Waals surface area contributed by atoms with E-state index in [0.717, 1.165) is 54.2 Å². The third-order valence-electron chi connectivity index (χ3n) is 8.28. The summed E-state index contributed by atoms with van der Waals surface area (Å²) in [5, 5.41) is 10.2. The van der Waals surface area contributed by atoms with E-state index in [1.165, 1.54) is 15.7 Å². The summed E-state index contributed by atoms with van der Waals surface area (Å²) >= 11 is 0. The lowest BCUT2D eigenvalue weighted by Gasteiger charge is -2.26. The molecule has 200 valence electrons. The van der Waals surface area contributed by atoms with Crippen molar-refractivity contribution in [2.45, 2.75) is 0 Å². The molecule has 0 aliphatic rings. The van der Waals surface area contributed by atoms with Crippen LogP contribution in [0.15, 0.2) is 164 Å². The molecule has 0 aliphatic carbocycles. The SMILES string of the molecule is [2H]c1c([2H])c([2H])c(N(c2cc3ccc4cc(-c5cc6ccccc6c6ccccc56)cc5ccc(c2)c3c45)c2c([2H])c([2H])c([2H])c([2H])c2[2H])c([2H])c1[2H]. The van der Waals surface area contributed by atoms with Gasteiger partial charge in [-0.25, -0.2) is 0 Å². The normalized spacial score (nSPS) is 15.0. The van der Waals surface area contributed by atoms with Gasteiger partial charge in [0.1, 0.15) is 0 Å². The van der Waals surface area contributed by atoms with Gasteiger partial charge in [-0.3, -0.25) is 0 Å². The number of hydrogen-bond donors (Lipinski definition) is 0. The van der Waals surface area contributed by atoms with Gasteiger partial charge in [-0.2, -0.15) is 0 Å². The zero-order chi connectivity index (χ0) is 37.0. The summed E-state index contributed by atoms with van der Waals surface area (Å²) in [6.45, 7) is 0. The van der Waals surface area contributed by atoms with Crippen LogP contribution in [0, 0.1) is 0 Å². The van der Waals surface area contributed by atoms with Crippen molar-refractivity contribution in [1.29, 1.82) is 0 Å². The van der Waals surface area contributed by atoms with Crippen molar-refractivity contribution >= 4 is 70.9 Å². The zero-order valence-electron chi connectivity index (χ0n) is 32.8. The van der Waals surface area contributed by atoms with Gasteiger partial charge in [0.25, 0.3) is 0 Å². The van der Waals surface area contributed by atoms with Crippen LogP contribution in [-0.4, -0.2) is 0 Å². The molecule has 9 aromatic carbocycles. The smallest absolute Gasteiger partial charge is 0.0645 e. The fraction of sp³-hybridized carbons (Fsp3) is 0. The molecule has 0 N–H and O–H groups in total. The average Bonchev–Trinajstić information content (AvgIpc) is 3.18. The van der Waals surface area contributed by atoms with Gasteiger partial charge in [0.15, 0.2) is 0 Å². The van der Waals surface area contributed by atoms with Gasteiger partial charge >= 0.3 is 0 Å². The lowest BCUT2D eigenvalue weighted by molar-refractivity contribution is 1.29. The number of benzene rings is 9. The lowest BCUT2D eigenvalue weighted by Crippen LogP contribution is -2.09. The van der Waals surface area contributed by atoms with Crippen LogP contribution in [0.4, 0.5) is 17.1 Å². The van der Waals surface area contributed by atoms with Crippen LogP contribution in [0.25, 0.3) is 65.0 Å². The first-order valence-electron chi connectivity index (χ1n) is 19.0. The van der Waals surface area contributed by atoms with Crippen molar-refractivity contribution in [3.63, 3.8) is 0 Å². The number of hydrogen-bond acceptors (Lipinski definition) is 1. The molecule has 43 heavy (non-hydrogen) atoms. The minimum Gasteiger partial charge on any atom is -0.310 e. The molecule has 9 aromatic rings. The van der Waals surface area contributed by atoms with Crippen LogP contribution in [0.3, 0.4) is 0 Å². The minimum atomic E-state index is -0.606. The molecule has 0 atom stereocenters. The Balaban J connectivity index is 1.31. The molecule has 0 amide bonds. The Bertz CT molecular complexity index is 2840. The molecule has 0 saturated carbocycles. The summed E-state index contributed by atoms with van der Waals surface area (Å²) in [6.07, 6.45) is 0. The predicted octanol–water partition coefficient (Wildman–Crippen LogP) is 12.0. The van der Waals surface area contributed by atoms with E-state index < -0.39 is 60.4 Å². The Morgan fingerprint density at radius 1 is 0.395 bits per heavy atom. The van der Waals surface area contributed by atoms with E-state index in [-0.39, 0.29) is 17.1 Å². The first-order chi connectivity index (χ1) is 25.5. The van der Waals surface area contributed by atoms with Crippen molar-refractivity contribution in [2.75, 3.05) is 4.90 Å². The highest BCUT2D eigenvalue weighted by Crippen LogP contribution is 2.43. The summed E-state index contributed by atoms with van der Waals surface area (Å²) < 4.78 is 85.4. The van der Waals surface area contributed by atoms with E-state index >= 15 is 0 Å². The van der Waals surface area contributed by atoms with Crippen molar-refractivity contribution in [1.82, 2.24) is 0 Å². The van der Waals surface area contributed by atoms with E-state index in [0.29, 0.717) is 0 Å². The zero-order valence-corrected chi connectivity index (χ0v) is 22.8. The monoisotopic (exact) mass is 555 g/mol. The number of para-hydroxylation sites is 2. The predicted molar refractivity (Wildman–Crippen MR) is 185 cm³/mol. The second-order valence-corrected chi connectivity index (χ2v) is 10.7. The number of fused-ring (bicyclic) bond motifs is 3. The van der Waals surface area contributed by atoms with Gasteiger partial charge in [-0.1, -0.05) is 109 Å². The van der Waals surface area contributed by atoms with E-state index in [1.807, 2.05) is 30.3 Å². The molecule has 0 aliphatic heterocycles. The number of nitrogens with zero attached hydrogens (tertiary/aromatic N) is 1. The van der Waals surface area contributed by atoms with Crippen molar-refractivity contribution < 1.29 is 13.7 Å². The topological polar surface area (TPSA) is 3.24 Å². The van der Waals surface area contributed by atoms with Crippen LogP contribution in [0.2, 0.25) is 0 Å². The molecule has 0 fully saturated rings. The third-order valence-corrected chi connectivity index (χ3v) is 8.28. The van der Waals surface area contributed by atoms with Crippen molar-refractivity contribution in [3.8, 4) is 11.1 Å². The lowest BCUT2D eigenvalue weighted by atomic mass is 9.88. The average molecular weight is 556 g/mol. The Hall–Kier alpha value is -5.66. The molecule has 0 spiro atoms. The van der Waals surface area contributed by atoms with E-state index in [1.54, 1.807) is 12.1 Å². The van der Waals surface area contributed by atoms with Crippen molar-refractivity contribution in [3.05, 3.63) is 164 Å². The first kappa shape index (κ1) is 16.1. The van der Waals surface area contributed by atoms with Crippen LogP contribution in [0.5, 0.6) is 0 Å². The molecule has 9 rings (SSSR count). The van der Waals surface area contributed by atoms with Gasteiger partial charge in [0.2, 0.25) is 0 Å². The fourth-order valence-electron chi connectivity index (χ4n) is 6.48. The van der Waals surface area contributed by atoms with E-state index in [9.17, 15) is 0 Å². The van der Waals surface area contributed by atoms with Crippen LogP contribution in [-0.2, 0) is 0 Å². The molecule has 1 heteroatoms. The summed E-state index contributed by atoms with van der Waals surface area (Å²) in [5.41, 5.74) is 1.83. The maximum absolute atomic E-state index is 8.84. The Morgan fingerprint density at radius 2 is 0.884 bits per heavy atom. The summed E-state index contributed by atoms with van der Waals surface area (Å²) in [4.78, 5) is 1.21. The van der Waals surface area contributed by atoms with Crippen LogP contribution in [0.1, 0.15) is 13.7 Å². The van der Waals surface area contributed by atoms with Gasteiger partial charge in [0, 0.05) is 17.1 Å². The quantitative estimate of drug-likeness (QED) is 0.195. The standard InChI is InChI=1S/C42H27N/c1-3-12-34(13-4-1)43(35-14-5-2-6-15-35)36-25-31-21-19-29-23-33(24-30-20-22-32(26-36)42(31)41(29)30)40-27-28-11-7-8-16-37(28)38-17-9-10-18-39(38)40/h1-27H/i1D,2D,3D,4D,5D,6D,12D,13D,14D,15D. The summed E-state index contributed by atoms with van der Waals surface area (Å²) in [6, 6.07) is 29.0. The number of rotatable bonds is 4. The molecule has 0 saturated heterocycles. The molecular weight excluding hydrogens is 518 g/mol. The molecule has 0 heterocycles.